The van der Waals surface area contributed by atoms with E-state index in [9.17, 15) is 14.4 Å². The van der Waals surface area contributed by atoms with Gasteiger partial charge in [-0.2, -0.15) is 5.10 Å². The molecule has 0 saturated carbocycles. The molecule has 1 fully saturated rings. The minimum Gasteiger partial charge on any atom is -0.476 e. The van der Waals surface area contributed by atoms with Crippen LogP contribution in [0, 0.1) is 5.92 Å². The maximum Gasteiger partial charge on any atom is 0.356 e. The SMILES string of the molecule is CC(=O)N1CCC(C(=O)Nc2ccccc2-n2ccc(C(=O)O)n2)CC1. The number of carboxylic acids is 1. The number of benzene rings is 1. The zero-order valence-electron chi connectivity index (χ0n) is 14.4. The third kappa shape index (κ3) is 3.74. The molecule has 2 amide bonds. The van der Waals surface area contributed by atoms with Crippen LogP contribution in [0.1, 0.15) is 30.3 Å². The third-order valence-electron chi connectivity index (χ3n) is 4.53. The monoisotopic (exact) mass is 356 g/mol. The quantitative estimate of drug-likeness (QED) is 0.869. The largest absolute Gasteiger partial charge is 0.476 e. The number of carboxylic acid groups (broad SMARTS) is 1. The summed E-state index contributed by atoms with van der Waals surface area (Å²) in [6, 6.07) is 8.49. The van der Waals surface area contributed by atoms with Gasteiger partial charge in [0.1, 0.15) is 0 Å². The van der Waals surface area contributed by atoms with Crippen LogP contribution in [-0.2, 0) is 9.59 Å². The van der Waals surface area contributed by atoms with Gasteiger partial charge < -0.3 is 15.3 Å². The molecule has 1 aliphatic heterocycles. The number of hydrogen-bond acceptors (Lipinski definition) is 4. The highest BCUT2D eigenvalue weighted by atomic mass is 16.4. The second-order valence-electron chi connectivity index (χ2n) is 6.24. The fourth-order valence-corrected chi connectivity index (χ4v) is 3.04. The Hall–Kier alpha value is -3.16. The normalized spacial score (nSPS) is 14.9. The fourth-order valence-electron chi connectivity index (χ4n) is 3.04. The van der Waals surface area contributed by atoms with Gasteiger partial charge in [-0.15, -0.1) is 0 Å². The lowest BCUT2D eigenvalue weighted by atomic mass is 9.95. The molecule has 1 aromatic heterocycles. The molecule has 1 saturated heterocycles. The van der Waals surface area contributed by atoms with Crippen LogP contribution < -0.4 is 5.32 Å². The van der Waals surface area contributed by atoms with Crippen molar-refractivity contribution in [3.63, 3.8) is 0 Å². The molecular weight excluding hydrogens is 336 g/mol. The van der Waals surface area contributed by atoms with E-state index in [0.717, 1.165) is 0 Å². The molecule has 1 aliphatic rings. The number of aromatic nitrogens is 2. The molecule has 2 aromatic rings. The number of para-hydroxylation sites is 2. The van der Waals surface area contributed by atoms with E-state index in [-0.39, 0.29) is 23.4 Å². The van der Waals surface area contributed by atoms with Gasteiger partial charge in [-0.25, -0.2) is 9.48 Å². The predicted molar refractivity (Wildman–Crippen MR) is 94.1 cm³/mol. The number of likely N-dealkylation sites (tertiary alicyclic amines) is 1. The Labute approximate surface area is 150 Å². The van der Waals surface area contributed by atoms with Gasteiger partial charge in [0.25, 0.3) is 0 Å². The van der Waals surface area contributed by atoms with Gasteiger partial charge in [-0.05, 0) is 31.0 Å². The zero-order chi connectivity index (χ0) is 18.7. The number of nitrogens with zero attached hydrogens (tertiary/aromatic N) is 3. The van der Waals surface area contributed by atoms with E-state index in [2.05, 4.69) is 10.4 Å². The number of aromatic carboxylic acids is 1. The summed E-state index contributed by atoms with van der Waals surface area (Å²) in [5, 5.41) is 15.9. The summed E-state index contributed by atoms with van der Waals surface area (Å²) >= 11 is 0. The Morgan fingerprint density at radius 2 is 1.85 bits per heavy atom. The van der Waals surface area contributed by atoms with Crippen molar-refractivity contribution in [1.29, 1.82) is 0 Å². The Kier molecular flexibility index (Phi) is 5.01. The molecule has 136 valence electrons. The molecule has 8 heteroatoms. The Morgan fingerprint density at radius 3 is 2.46 bits per heavy atom. The summed E-state index contributed by atoms with van der Waals surface area (Å²) in [6.07, 6.45) is 2.79. The number of nitrogens with one attached hydrogen (secondary N) is 1. The van der Waals surface area contributed by atoms with E-state index in [0.29, 0.717) is 37.3 Å². The molecule has 0 unspecified atom stereocenters. The van der Waals surface area contributed by atoms with Gasteiger partial charge in [0.15, 0.2) is 5.69 Å². The number of hydrogen-bond donors (Lipinski definition) is 2. The second kappa shape index (κ2) is 7.38. The number of carbonyl (C=O) groups is 3. The molecule has 0 bridgehead atoms. The van der Waals surface area contributed by atoms with Crippen molar-refractivity contribution in [2.75, 3.05) is 18.4 Å². The summed E-state index contributed by atoms with van der Waals surface area (Å²) in [7, 11) is 0. The minimum absolute atomic E-state index is 0.0297. The van der Waals surface area contributed by atoms with E-state index in [1.165, 1.54) is 17.7 Å². The molecule has 8 nitrogen and oxygen atoms in total. The predicted octanol–water partition coefficient (Wildman–Crippen LogP) is 1.77. The molecule has 2 N–H and O–H groups in total. The van der Waals surface area contributed by atoms with Crippen LogP contribution in [-0.4, -0.2) is 50.7 Å². The molecular formula is C18H20N4O4. The summed E-state index contributed by atoms with van der Waals surface area (Å²) in [5.41, 5.74) is 1.09. The lowest BCUT2D eigenvalue weighted by molar-refractivity contribution is -0.132. The van der Waals surface area contributed by atoms with Gasteiger partial charge in [0.05, 0.1) is 11.4 Å². The smallest absolute Gasteiger partial charge is 0.356 e. The number of rotatable bonds is 4. The van der Waals surface area contributed by atoms with Crippen molar-refractivity contribution in [3.05, 3.63) is 42.2 Å². The zero-order valence-corrected chi connectivity index (χ0v) is 14.4. The summed E-state index contributed by atoms with van der Waals surface area (Å²) in [5.74, 6) is -1.35. The van der Waals surface area contributed by atoms with Gasteiger partial charge in [0, 0.05) is 32.1 Å². The van der Waals surface area contributed by atoms with Crippen LogP contribution in [0.15, 0.2) is 36.5 Å². The van der Waals surface area contributed by atoms with Crippen LogP contribution in [0.2, 0.25) is 0 Å². The van der Waals surface area contributed by atoms with Crippen molar-refractivity contribution in [1.82, 2.24) is 14.7 Å². The number of piperidine rings is 1. The Balaban J connectivity index is 1.73. The second-order valence-corrected chi connectivity index (χ2v) is 6.24. The van der Waals surface area contributed by atoms with Crippen LogP contribution in [0.25, 0.3) is 5.69 Å². The number of amides is 2. The van der Waals surface area contributed by atoms with Crippen molar-refractivity contribution in [3.8, 4) is 5.69 Å². The van der Waals surface area contributed by atoms with E-state index in [1.54, 1.807) is 35.4 Å². The van der Waals surface area contributed by atoms with E-state index < -0.39 is 5.97 Å². The molecule has 2 heterocycles. The molecule has 26 heavy (non-hydrogen) atoms. The lowest BCUT2D eigenvalue weighted by Gasteiger charge is -2.30. The topological polar surface area (TPSA) is 105 Å². The Bertz CT molecular complexity index is 837. The van der Waals surface area contributed by atoms with Crippen LogP contribution in [0.4, 0.5) is 5.69 Å². The van der Waals surface area contributed by atoms with Gasteiger partial charge in [0.2, 0.25) is 11.8 Å². The summed E-state index contributed by atoms with van der Waals surface area (Å²) in [4.78, 5) is 36.8. The van der Waals surface area contributed by atoms with Crippen molar-refractivity contribution in [2.45, 2.75) is 19.8 Å². The highest BCUT2D eigenvalue weighted by Crippen LogP contribution is 2.23. The number of carbonyl (C=O) groups excluding carboxylic acids is 2. The van der Waals surface area contributed by atoms with Gasteiger partial charge in [-0.1, -0.05) is 12.1 Å². The first-order chi connectivity index (χ1) is 12.5. The molecule has 3 rings (SSSR count). The fraction of sp³-hybridized carbons (Fsp3) is 0.333. The lowest BCUT2D eigenvalue weighted by Crippen LogP contribution is -2.40. The minimum atomic E-state index is -1.11. The van der Waals surface area contributed by atoms with Crippen molar-refractivity contribution < 1.29 is 19.5 Å². The van der Waals surface area contributed by atoms with Gasteiger partial charge in [-0.3, -0.25) is 9.59 Å². The molecule has 1 aromatic carbocycles. The first kappa shape index (κ1) is 17.7. The third-order valence-corrected chi connectivity index (χ3v) is 4.53. The van der Waals surface area contributed by atoms with Gasteiger partial charge >= 0.3 is 5.97 Å². The van der Waals surface area contributed by atoms with E-state index in [4.69, 9.17) is 5.11 Å². The average molecular weight is 356 g/mol. The highest BCUT2D eigenvalue weighted by molar-refractivity contribution is 5.94. The summed E-state index contributed by atoms with van der Waals surface area (Å²) < 4.78 is 1.43. The van der Waals surface area contributed by atoms with E-state index >= 15 is 0 Å². The first-order valence-electron chi connectivity index (χ1n) is 8.40. The van der Waals surface area contributed by atoms with E-state index in [1.807, 2.05) is 0 Å². The highest BCUT2D eigenvalue weighted by Gasteiger charge is 2.26. The van der Waals surface area contributed by atoms with Crippen LogP contribution in [0.3, 0.4) is 0 Å². The maximum atomic E-state index is 12.6. The average Bonchev–Trinajstić information content (AvgIpc) is 3.12. The maximum absolute atomic E-state index is 12.6. The Morgan fingerprint density at radius 1 is 1.15 bits per heavy atom. The molecule has 0 aliphatic carbocycles. The van der Waals surface area contributed by atoms with Crippen molar-refractivity contribution >= 4 is 23.5 Å². The molecule has 0 radical (unpaired) electrons. The van der Waals surface area contributed by atoms with Crippen molar-refractivity contribution in [2.24, 2.45) is 5.92 Å². The molecule has 0 atom stereocenters. The summed E-state index contributed by atoms with van der Waals surface area (Å²) in [6.45, 7) is 2.69. The van der Waals surface area contributed by atoms with Crippen LogP contribution >= 0.6 is 0 Å². The number of anilines is 1. The molecule has 0 spiro atoms. The standard InChI is InChI=1S/C18H20N4O4/c1-12(23)21-9-6-13(7-10-21)17(24)19-14-4-2-3-5-16(14)22-11-8-15(20-22)18(25)26/h2-5,8,11,13H,6-7,9-10H2,1H3,(H,19,24)(H,25,26). The first-order valence-corrected chi connectivity index (χ1v) is 8.40. The van der Waals surface area contributed by atoms with Crippen LogP contribution in [0.5, 0.6) is 0 Å².